The number of primary amides is 1. The van der Waals surface area contributed by atoms with Crippen LogP contribution in [0.4, 0.5) is 0 Å². The quantitative estimate of drug-likeness (QED) is 0.296. The summed E-state index contributed by atoms with van der Waals surface area (Å²) in [7, 11) is 0. The minimum atomic E-state index is -0.753. The fourth-order valence-corrected chi connectivity index (χ4v) is 0.153. The molecule has 2 N–H and O–H groups in total. The Morgan fingerprint density at radius 3 is 2.56 bits per heavy atom. The van der Waals surface area contributed by atoms with Crippen LogP contribution in [-0.4, -0.2) is 18.1 Å². The maximum absolute atomic E-state index is 9.94. The van der Waals surface area contributed by atoms with Crippen molar-refractivity contribution in [3.05, 3.63) is 0 Å². The maximum atomic E-state index is 9.94. The summed E-state index contributed by atoms with van der Waals surface area (Å²) in [6.07, 6.45) is 0.710. The van der Waals surface area contributed by atoms with Crippen molar-refractivity contribution in [3.8, 4) is 0 Å². The number of nitrogens with zero attached hydrogens (tertiary/aromatic N) is 1. The molecular formula is C4H6N2O3. The van der Waals surface area contributed by atoms with Crippen LogP contribution in [0.25, 0.3) is 0 Å². The third-order valence-corrected chi connectivity index (χ3v) is 0.361. The van der Waals surface area contributed by atoms with E-state index in [2.05, 4.69) is 15.7 Å². The molecule has 0 bridgehead atoms. The average Bonchev–Trinajstić information content (AvgIpc) is 1.63. The van der Waals surface area contributed by atoms with Gasteiger partial charge in [-0.05, 0) is 0 Å². The van der Waals surface area contributed by atoms with Crippen molar-refractivity contribution in [2.75, 3.05) is 0 Å². The van der Waals surface area contributed by atoms with Crippen LogP contribution in [0.2, 0.25) is 0 Å². The summed E-state index contributed by atoms with van der Waals surface area (Å²) < 4.78 is 0. The number of amides is 1. The Hall–Kier alpha value is -1.39. The topological polar surface area (TPSA) is 81.8 Å². The molecule has 0 aromatic rings. The molecule has 0 aliphatic carbocycles. The molecule has 0 aromatic heterocycles. The molecule has 0 saturated carbocycles. The zero-order valence-corrected chi connectivity index (χ0v) is 4.83. The van der Waals surface area contributed by atoms with Crippen molar-refractivity contribution in [1.82, 2.24) is 0 Å². The lowest BCUT2D eigenvalue weighted by Crippen LogP contribution is -2.11. The summed E-state index contributed by atoms with van der Waals surface area (Å²) >= 11 is 0. The van der Waals surface area contributed by atoms with Crippen molar-refractivity contribution in [1.29, 1.82) is 0 Å². The molecule has 0 aliphatic rings. The van der Waals surface area contributed by atoms with Gasteiger partial charge in [0.1, 0.15) is 6.21 Å². The Balaban J connectivity index is 3.48. The number of rotatable bonds is 2. The molecular weight excluding hydrogens is 124 g/mol. The molecule has 0 heterocycles. The van der Waals surface area contributed by atoms with E-state index < -0.39 is 11.9 Å². The number of hydrogen-bond donors (Lipinski definition) is 1. The van der Waals surface area contributed by atoms with E-state index in [1.807, 2.05) is 0 Å². The lowest BCUT2D eigenvalue weighted by molar-refractivity contribution is -0.140. The number of carbonyl (C=O) groups excluding carboxylic acids is 2. The Bertz CT molecular complexity index is 152. The molecule has 9 heavy (non-hydrogen) atoms. The maximum Gasteiger partial charge on any atom is 0.331 e. The van der Waals surface area contributed by atoms with Crippen molar-refractivity contribution in [2.24, 2.45) is 10.9 Å². The van der Waals surface area contributed by atoms with Gasteiger partial charge in [0.15, 0.2) is 0 Å². The average molecular weight is 130 g/mol. The van der Waals surface area contributed by atoms with E-state index in [-0.39, 0.29) is 0 Å². The molecule has 0 aromatic carbocycles. The molecule has 0 saturated heterocycles. The smallest absolute Gasteiger partial charge is 0.331 e. The van der Waals surface area contributed by atoms with Gasteiger partial charge in [-0.15, -0.1) is 0 Å². The van der Waals surface area contributed by atoms with Gasteiger partial charge >= 0.3 is 5.97 Å². The highest BCUT2D eigenvalue weighted by molar-refractivity contribution is 6.25. The van der Waals surface area contributed by atoms with E-state index in [0.29, 0.717) is 6.21 Å². The van der Waals surface area contributed by atoms with E-state index in [0.717, 1.165) is 0 Å². The number of carbonyl (C=O) groups is 2. The van der Waals surface area contributed by atoms with Crippen LogP contribution in [0.15, 0.2) is 5.16 Å². The zero-order chi connectivity index (χ0) is 7.28. The van der Waals surface area contributed by atoms with Gasteiger partial charge in [-0.1, -0.05) is 5.16 Å². The Morgan fingerprint density at radius 1 is 1.67 bits per heavy atom. The molecule has 0 aliphatic heterocycles. The second-order valence-corrected chi connectivity index (χ2v) is 1.22. The summed E-state index contributed by atoms with van der Waals surface area (Å²) in [5.41, 5.74) is 4.60. The van der Waals surface area contributed by atoms with Crippen LogP contribution < -0.4 is 5.73 Å². The molecule has 0 rings (SSSR count). The first-order valence-corrected chi connectivity index (χ1v) is 2.13. The SMILES string of the molecule is CC(=O)ON=CC(N)=O. The Kier molecular flexibility index (Phi) is 3.04. The van der Waals surface area contributed by atoms with Crippen molar-refractivity contribution in [3.63, 3.8) is 0 Å². The summed E-state index contributed by atoms with van der Waals surface area (Å²) in [6.45, 7) is 1.17. The summed E-state index contributed by atoms with van der Waals surface area (Å²) in [5.74, 6) is -1.34. The molecule has 1 amide bonds. The molecule has 5 nitrogen and oxygen atoms in total. The summed E-state index contributed by atoms with van der Waals surface area (Å²) in [4.78, 5) is 23.8. The molecule has 0 radical (unpaired) electrons. The fraction of sp³-hybridized carbons (Fsp3) is 0.250. The number of nitrogens with two attached hydrogens (primary N) is 1. The van der Waals surface area contributed by atoms with Crippen LogP contribution in [0.1, 0.15) is 6.92 Å². The van der Waals surface area contributed by atoms with Gasteiger partial charge in [-0.2, -0.15) is 0 Å². The van der Waals surface area contributed by atoms with Crippen molar-refractivity contribution < 1.29 is 14.4 Å². The van der Waals surface area contributed by atoms with Crippen molar-refractivity contribution in [2.45, 2.75) is 6.92 Å². The molecule has 0 atom stereocenters. The Morgan fingerprint density at radius 2 is 2.22 bits per heavy atom. The highest BCUT2D eigenvalue weighted by atomic mass is 16.7. The van der Waals surface area contributed by atoms with E-state index in [1.54, 1.807) is 0 Å². The molecule has 0 fully saturated rings. The van der Waals surface area contributed by atoms with Gasteiger partial charge in [-0.3, -0.25) is 4.79 Å². The second-order valence-electron chi connectivity index (χ2n) is 1.22. The van der Waals surface area contributed by atoms with Crippen LogP contribution in [0, 0.1) is 0 Å². The minimum Gasteiger partial charge on any atom is -0.365 e. The van der Waals surface area contributed by atoms with E-state index in [9.17, 15) is 9.59 Å². The Labute approximate surface area is 51.5 Å². The van der Waals surface area contributed by atoms with Crippen LogP contribution in [-0.2, 0) is 14.4 Å². The first kappa shape index (κ1) is 7.61. The van der Waals surface area contributed by atoms with E-state index in [4.69, 9.17) is 0 Å². The minimum absolute atomic E-state index is 0.590. The number of hydrogen-bond acceptors (Lipinski definition) is 4. The lowest BCUT2D eigenvalue weighted by atomic mass is 10.7. The highest BCUT2D eigenvalue weighted by Crippen LogP contribution is 1.72. The van der Waals surface area contributed by atoms with Gasteiger partial charge in [0.25, 0.3) is 5.91 Å². The van der Waals surface area contributed by atoms with Gasteiger partial charge < -0.3 is 10.6 Å². The van der Waals surface area contributed by atoms with Crippen LogP contribution in [0.5, 0.6) is 0 Å². The first-order valence-electron chi connectivity index (χ1n) is 2.13. The van der Waals surface area contributed by atoms with E-state index in [1.165, 1.54) is 6.92 Å². The molecule has 50 valence electrons. The monoisotopic (exact) mass is 130 g/mol. The third-order valence-electron chi connectivity index (χ3n) is 0.361. The van der Waals surface area contributed by atoms with Crippen LogP contribution >= 0.6 is 0 Å². The zero-order valence-electron chi connectivity index (χ0n) is 4.83. The molecule has 0 unspecified atom stereocenters. The normalized spacial score (nSPS) is 9.44. The number of oxime groups is 1. The first-order chi connectivity index (χ1) is 4.13. The lowest BCUT2D eigenvalue weighted by Gasteiger charge is -1.84. The van der Waals surface area contributed by atoms with Gasteiger partial charge in [-0.25, -0.2) is 4.79 Å². The third kappa shape index (κ3) is 6.61. The summed E-state index contributed by atoms with van der Waals surface area (Å²) in [6, 6.07) is 0. The second kappa shape index (κ2) is 3.59. The van der Waals surface area contributed by atoms with Crippen molar-refractivity contribution >= 4 is 18.1 Å². The predicted molar refractivity (Wildman–Crippen MR) is 29.5 cm³/mol. The predicted octanol–water partition coefficient (Wildman–Crippen LogP) is -0.979. The van der Waals surface area contributed by atoms with Gasteiger partial charge in [0.05, 0.1) is 0 Å². The van der Waals surface area contributed by atoms with Gasteiger partial charge in [0.2, 0.25) is 0 Å². The highest BCUT2D eigenvalue weighted by Gasteiger charge is 1.87. The van der Waals surface area contributed by atoms with Gasteiger partial charge in [0, 0.05) is 6.92 Å². The van der Waals surface area contributed by atoms with Crippen LogP contribution in [0.3, 0.4) is 0 Å². The fourth-order valence-electron chi connectivity index (χ4n) is 0.153. The molecule has 5 heteroatoms. The molecule has 0 spiro atoms. The summed E-state index contributed by atoms with van der Waals surface area (Å²) in [5, 5.41) is 2.92. The standard InChI is InChI=1S/C4H6N2O3/c1-3(7)9-6-2-4(5)8/h2H,1H3,(H2,5,8). The largest absolute Gasteiger partial charge is 0.365 e. The van der Waals surface area contributed by atoms with E-state index >= 15 is 0 Å².